The van der Waals surface area contributed by atoms with Crippen LogP contribution >= 0.6 is 15.9 Å². The Morgan fingerprint density at radius 3 is 2.68 bits per heavy atom. The number of aromatic amines is 1. The fourth-order valence-electron chi connectivity index (χ4n) is 1.61. The molecular weight excluding hydrogens is 323 g/mol. The summed E-state index contributed by atoms with van der Waals surface area (Å²) in [6, 6.07) is 4.04. The van der Waals surface area contributed by atoms with E-state index in [-0.39, 0.29) is 4.47 Å². The van der Waals surface area contributed by atoms with E-state index < -0.39 is 11.7 Å². The molecule has 0 unspecified atom stereocenters. The van der Waals surface area contributed by atoms with Crippen molar-refractivity contribution in [2.75, 3.05) is 5.32 Å². The molecule has 1 heterocycles. The maximum Gasteiger partial charge on any atom is 0.417 e. The molecule has 0 radical (unpaired) electrons. The van der Waals surface area contributed by atoms with Crippen LogP contribution in [-0.2, 0) is 12.7 Å². The Labute approximate surface area is 116 Å². The van der Waals surface area contributed by atoms with E-state index in [0.717, 1.165) is 17.6 Å². The van der Waals surface area contributed by atoms with Crippen LogP contribution in [0.5, 0.6) is 0 Å². The number of imidazole rings is 1. The summed E-state index contributed by atoms with van der Waals surface area (Å²) in [4.78, 5) is 7.01. The van der Waals surface area contributed by atoms with E-state index in [0.29, 0.717) is 12.2 Å². The fourth-order valence-corrected chi connectivity index (χ4v) is 2.08. The van der Waals surface area contributed by atoms with Crippen LogP contribution < -0.4 is 5.32 Å². The van der Waals surface area contributed by atoms with Crippen LogP contribution in [0.3, 0.4) is 0 Å². The normalized spacial score (nSPS) is 11.6. The summed E-state index contributed by atoms with van der Waals surface area (Å²) in [5.41, 5.74) is 0.523. The first-order valence-corrected chi connectivity index (χ1v) is 6.26. The molecule has 2 aromatic rings. The van der Waals surface area contributed by atoms with E-state index >= 15 is 0 Å². The van der Waals surface area contributed by atoms with E-state index in [1.165, 1.54) is 6.07 Å². The Kier molecular flexibility index (Phi) is 3.84. The second-order valence-corrected chi connectivity index (χ2v) is 4.89. The van der Waals surface area contributed by atoms with Crippen molar-refractivity contribution in [3.8, 4) is 0 Å². The number of nitrogens with zero attached hydrogens (tertiary/aromatic N) is 1. The standard InChI is InChI=1S/C12H11BrF3N3/c1-7-17-5-9(19-7)6-18-8-2-3-11(13)10(4-8)12(14,15)16/h2-5,18H,6H2,1H3,(H,17,19). The number of rotatable bonds is 3. The van der Waals surface area contributed by atoms with Gasteiger partial charge in [-0.15, -0.1) is 0 Å². The van der Waals surface area contributed by atoms with Crippen molar-refractivity contribution in [3.63, 3.8) is 0 Å². The lowest BCUT2D eigenvalue weighted by atomic mass is 10.2. The molecule has 0 saturated heterocycles. The zero-order chi connectivity index (χ0) is 14.0. The number of alkyl halides is 3. The van der Waals surface area contributed by atoms with Gasteiger partial charge in [-0.1, -0.05) is 15.9 Å². The number of hydrogen-bond acceptors (Lipinski definition) is 2. The Hall–Kier alpha value is -1.50. The van der Waals surface area contributed by atoms with Gasteiger partial charge in [0.1, 0.15) is 5.82 Å². The number of anilines is 1. The molecule has 7 heteroatoms. The van der Waals surface area contributed by atoms with Crippen LogP contribution in [0.2, 0.25) is 0 Å². The van der Waals surface area contributed by atoms with Gasteiger partial charge >= 0.3 is 6.18 Å². The highest BCUT2D eigenvalue weighted by Gasteiger charge is 2.33. The molecule has 0 aliphatic rings. The molecule has 2 rings (SSSR count). The topological polar surface area (TPSA) is 40.7 Å². The molecule has 0 atom stereocenters. The minimum absolute atomic E-state index is 0.0305. The molecule has 102 valence electrons. The van der Waals surface area contributed by atoms with Crippen LogP contribution in [-0.4, -0.2) is 9.97 Å². The summed E-state index contributed by atoms with van der Waals surface area (Å²) >= 11 is 2.90. The first-order chi connectivity index (χ1) is 8.86. The molecule has 0 saturated carbocycles. The second-order valence-electron chi connectivity index (χ2n) is 4.04. The van der Waals surface area contributed by atoms with Gasteiger partial charge in [0.25, 0.3) is 0 Å². The lowest BCUT2D eigenvalue weighted by Gasteiger charge is -2.12. The van der Waals surface area contributed by atoms with Crippen molar-refractivity contribution in [2.24, 2.45) is 0 Å². The maximum atomic E-state index is 12.7. The Balaban J connectivity index is 2.13. The number of nitrogens with one attached hydrogen (secondary N) is 2. The minimum atomic E-state index is -4.37. The van der Waals surface area contributed by atoms with Crippen LogP contribution in [0.1, 0.15) is 17.1 Å². The Morgan fingerprint density at radius 2 is 2.11 bits per heavy atom. The molecule has 19 heavy (non-hydrogen) atoms. The smallest absolute Gasteiger partial charge is 0.379 e. The van der Waals surface area contributed by atoms with E-state index in [9.17, 15) is 13.2 Å². The van der Waals surface area contributed by atoms with Crippen molar-refractivity contribution in [1.82, 2.24) is 9.97 Å². The Morgan fingerprint density at radius 1 is 1.37 bits per heavy atom. The summed E-state index contributed by atoms with van der Waals surface area (Å²) < 4.78 is 38.2. The van der Waals surface area contributed by atoms with E-state index in [2.05, 4.69) is 31.2 Å². The number of H-pyrrole nitrogens is 1. The highest BCUT2D eigenvalue weighted by Crippen LogP contribution is 2.36. The quantitative estimate of drug-likeness (QED) is 0.887. The average molecular weight is 334 g/mol. The first-order valence-electron chi connectivity index (χ1n) is 5.47. The predicted octanol–water partition coefficient (Wildman–Crippen LogP) is 4.11. The van der Waals surface area contributed by atoms with Crippen molar-refractivity contribution in [2.45, 2.75) is 19.6 Å². The van der Waals surface area contributed by atoms with Gasteiger partial charge in [0.05, 0.1) is 24.0 Å². The highest BCUT2D eigenvalue weighted by atomic mass is 79.9. The predicted molar refractivity (Wildman–Crippen MR) is 69.8 cm³/mol. The third-order valence-corrected chi connectivity index (χ3v) is 3.20. The molecule has 0 bridgehead atoms. The summed E-state index contributed by atoms with van der Waals surface area (Å²) in [6.07, 6.45) is -2.73. The molecule has 1 aromatic heterocycles. The van der Waals surface area contributed by atoms with Crippen molar-refractivity contribution >= 4 is 21.6 Å². The third kappa shape index (κ3) is 3.50. The van der Waals surface area contributed by atoms with E-state index in [1.807, 2.05) is 6.92 Å². The lowest BCUT2D eigenvalue weighted by molar-refractivity contribution is -0.138. The third-order valence-electron chi connectivity index (χ3n) is 2.51. The van der Waals surface area contributed by atoms with Crippen molar-refractivity contribution in [1.29, 1.82) is 0 Å². The first kappa shape index (κ1) is 13.9. The van der Waals surface area contributed by atoms with Gasteiger partial charge in [-0.2, -0.15) is 13.2 Å². The summed E-state index contributed by atoms with van der Waals surface area (Å²) in [5.74, 6) is 0.767. The summed E-state index contributed by atoms with van der Waals surface area (Å²) in [7, 11) is 0. The maximum absolute atomic E-state index is 12.7. The number of hydrogen-bond donors (Lipinski definition) is 2. The zero-order valence-corrected chi connectivity index (χ0v) is 11.6. The van der Waals surface area contributed by atoms with Gasteiger partial charge in [-0.3, -0.25) is 0 Å². The van der Waals surface area contributed by atoms with Crippen molar-refractivity contribution in [3.05, 3.63) is 46.0 Å². The molecule has 0 amide bonds. The van der Waals surface area contributed by atoms with Gasteiger partial charge in [0.15, 0.2) is 0 Å². The van der Waals surface area contributed by atoms with Gasteiger partial charge in [0.2, 0.25) is 0 Å². The largest absolute Gasteiger partial charge is 0.417 e. The summed E-state index contributed by atoms with van der Waals surface area (Å²) in [5, 5.41) is 2.92. The van der Waals surface area contributed by atoms with Gasteiger partial charge in [-0.05, 0) is 25.1 Å². The molecular formula is C12H11BrF3N3. The van der Waals surface area contributed by atoms with Crippen LogP contribution in [0, 0.1) is 6.92 Å². The second kappa shape index (κ2) is 5.24. The zero-order valence-electron chi connectivity index (χ0n) is 9.98. The van der Waals surface area contributed by atoms with Crippen LogP contribution in [0.15, 0.2) is 28.9 Å². The minimum Gasteiger partial charge on any atom is -0.379 e. The molecule has 3 nitrogen and oxygen atoms in total. The number of aromatic nitrogens is 2. The van der Waals surface area contributed by atoms with E-state index in [4.69, 9.17) is 0 Å². The van der Waals surface area contributed by atoms with E-state index in [1.54, 1.807) is 12.3 Å². The molecule has 0 aliphatic carbocycles. The number of aryl methyl sites for hydroxylation is 1. The summed E-state index contributed by atoms with van der Waals surface area (Å²) in [6.45, 7) is 2.20. The van der Waals surface area contributed by atoms with Gasteiger partial charge in [0, 0.05) is 10.2 Å². The van der Waals surface area contributed by atoms with Gasteiger partial charge in [-0.25, -0.2) is 4.98 Å². The molecule has 0 fully saturated rings. The average Bonchev–Trinajstić information content (AvgIpc) is 2.72. The van der Waals surface area contributed by atoms with Crippen LogP contribution in [0.25, 0.3) is 0 Å². The number of benzene rings is 1. The highest BCUT2D eigenvalue weighted by molar-refractivity contribution is 9.10. The number of halogens is 4. The van der Waals surface area contributed by atoms with Crippen molar-refractivity contribution < 1.29 is 13.2 Å². The monoisotopic (exact) mass is 333 g/mol. The molecule has 0 spiro atoms. The molecule has 2 N–H and O–H groups in total. The Bertz CT molecular complexity index is 578. The lowest BCUT2D eigenvalue weighted by Crippen LogP contribution is -2.07. The SMILES string of the molecule is Cc1ncc(CNc2ccc(Br)c(C(F)(F)F)c2)[nH]1. The fraction of sp³-hybridized carbons (Fsp3) is 0.250. The van der Waals surface area contributed by atoms with Crippen LogP contribution in [0.4, 0.5) is 18.9 Å². The van der Waals surface area contributed by atoms with Gasteiger partial charge < -0.3 is 10.3 Å². The molecule has 1 aromatic carbocycles. The molecule has 0 aliphatic heterocycles.